The molecule has 1 aliphatic carbocycles. The summed E-state index contributed by atoms with van der Waals surface area (Å²) >= 11 is 0. The third-order valence-electron chi connectivity index (χ3n) is 6.02. The Morgan fingerprint density at radius 2 is 1.71 bits per heavy atom. The molecule has 1 aliphatic heterocycles. The van der Waals surface area contributed by atoms with E-state index in [0.29, 0.717) is 11.3 Å². The van der Waals surface area contributed by atoms with Crippen molar-refractivity contribution in [1.29, 1.82) is 0 Å². The van der Waals surface area contributed by atoms with Gasteiger partial charge >= 0.3 is 0 Å². The highest BCUT2D eigenvalue weighted by molar-refractivity contribution is 14.0. The zero-order valence-corrected chi connectivity index (χ0v) is 18.9. The highest BCUT2D eigenvalue weighted by atomic mass is 127. The van der Waals surface area contributed by atoms with E-state index in [4.69, 9.17) is 0 Å². The molecule has 1 saturated carbocycles. The van der Waals surface area contributed by atoms with Crippen LogP contribution < -0.4 is 15.5 Å². The Bertz CT molecular complexity index is 759. The lowest BCUT2D eigenvalue weighted by molar-refractivity contribution is 0.560. The Labute approximate surface area is 185 Å². The van der Waals surface area contributed by atoms with E-state index in [1.54, 1.807) is 0 Å². The summed E-state index contributed by atoms with van der Waals surface area (Å²) in [6.07, 6.45) is 3.75. The second-order valence-corrected chi connectivity index (χ2v) is 7.89. The van der Waals surface area contributed by atoms with Gasteiger partial charge in [-0.1, -0.05) is 48.5 Å². The fraction of sp³-hybridized carbons (Fsp3) is 0.435. The molecule has 1 atom stereocenters. The second-order valence-electron chi connectivity index (χ2n) is 7.89. The van der Waals surface area contributed by atoms with Gasteiger partial charge in [-0.15, -0.1) is 24.0 Å². The van der Waals surface area contributed by atoms with Gasteiger partial charge in [-0.3, -0.25) is 4.99 Å². The fourth-order valence-corrected chi connectivity index (χ4v) is 4.10. The number of benzene rings is 2. The second kappa shape index (κ2) is 9.63. The van der Waals surface area contributed by atoms with Crippen molar-refractivity contribution in [3.63, 3.8) is 0 Å². The van der Waals surface area contributed by atoms with Crippen molar-refractivity contribution < 1.29 is 0 Å². The number of anilines is 1. The Kier molecular flexibility index (Phi) is 7.21. The third-order valence-corrected chi connectivity index (χ3v) is 6.02. The molecule has 1 saturated heterocycles. The first-order valence-corrected chi connectivity index (χ1v) is 10.1. The Hall–Kier alpha value is -1.76. The van der Waals surface area contributed by atoms with Crippen LogP contribution in [0.2, 0.25) is 0 Å². The standard InChI is InChI=1S/C23H30N4.HI/c1-24-22(26-18-23(13-14-23)20-8-4-2-5-9-20)25-16-19-12-15-27(17-19)21-10-6-3-7-11-21;/h2-11,19H,12-18H2,1H3,(H2,24,25,26);1H. The van der Waals surface area contributed by atoms with Crippen molar-refractivity contribution in [2.45, 2.75) is 24.7 Å². The van der Waals surface area contributed by atoms with Gasteiger partial charge in [0.05, 0.1) is 0 Å². The van der Waals surface area contributed by atoms with Crippen molar-refractivity contribution >= 4 is 35.6 Å². The van der Waals surface area contributed by atoms with E-state index in [2.05, 4.69) is 81.2 Å². The predicted molar refractivity (Wildman–Crippen MR) is 129 cm³/mol. The molecule has 0 amide bonds. The number of rotatable bonds is 6. The molecule has 0 spiro atoms. The molecular formula is C23H31IN4. The molecule has 0 bridgehead atoms. The number of halogens is 1. The molecule has 28 heavy (non-hydrogen) atoms. The normalized spacial score (nSPS) is 20.4. The molecule has 2 N–H and O–H groups in total. The zero-order chi connectivity index (χ0) is 18.5. The zero-order valence-electron chi connectivity index (χ0n) is 16.6. The number of hydrogen-bond donors (Lipinski definition) is 2. The largest absolute Gasteiger partial charge is 0.371 e. The van der Waals surface area contributed by atoms with E-state index in [0.717, 1.165) is 32.1 Å². The number of nitrogens with one attached hydrogen (secondary N) is 2. The van der Waals surface area contributed by atoms with Crippen molar-refractivity contribution in [2.24, 2.45) is 10.9 Å². The number of guanidine groups is 1. The molecule has 150 valence electrons. The molecule has 4 nitrogen and oxygen atoms in total. The average Bonchev–Trinajstić information content (AvgIpc) is 3.38. The highest BCUT2D eigenvalue weighted by Gasteiger charge is 2.44. The lowest BCUT2D eigenvalue weighted by Gasteiger charge is -2.21. The Morgan fingerprint density at radius 1 is 1.04 bits per heavy atom. The maximum atomic E-state index is 4.43. The minimum Gasteiger partial charge on any atom is -0.371 e. The summed E-state index contributed by atoms with van der Waals surface area (Å²) in [5.74, 6) is 1.59. The van der Waals surface area contributed by atoms with Crippen LogP contribution in [0.25, 0.3) is 0 Å². The van der Waals surface area contributed by atoms with Gasteiger partial charge in [0.2, 0.25) is 0 Å². The summed E-state index contributed by atoms with van der Waals surface area (Å²) in [5, 5.41) is 7.11. The first kappa shape index (κ1) is 21.0. The van der Waals surface area contributed by atoms with E-state index in [-0.39, 0.29) is 24.0 Å². The predicted octanol–water partition coefficient (Wildman–Crippen LogP) is 4.03. The molecule has 2 aliphatic rings. The first-order chi connectivity index (χ1) is 13.3. The van der Waals surface area contributed by atoms with Crippen LogP contribution in [0.15, 0.2) is 65.7 Å². The van der Waals surface area contributed by atoms with E-state index >= 15 is 0 Å². The van der Waals surface area contributed by atoms with Crippen molar-refractivity contribution in [3.8, 4) is 0 Å². The van der Waals surface area contributed by atoms with Gasteiger partial charge in [-0.25, -0.2) is 0 Å². The van der Waals surface area contributed by atoms with Crippen LogP contribution in [0.1, 0.15) is 24.8 Å². The van der Waals surface area contributed by atoms with Crippen molar-refractivity contribution in [1.82, 2.24) is 10.6 Å². The molecule has 5 heteroatoms. The monoisotopic (exact) mass is 490 g/mol. The lowest BCUT2D eigenvalue weighted by Crippen LogP contribution is -2.43. The summed E-state index contributed by atoms with van der Waals surface area (Å²) < 4.78 is 0. The summed E-state index contributed by atoms with van der Waals surface area (Å²) in [6, 6.07) is 21.6. The van der Waals surface area contributed by atoms with E-state index < -0.39 is 0 Å². The molecule has 2 aromatic rings. The van der Waals surface area contributed by atoms with Crippen molar-refractivity contribution in [2.75, 3.05) is 38.1 Å². The summed E-state index contributed by atoms with van der Waals surface area (Å²) in [4.78, 5) is 6.91. The molecule has 4 rings (SSSR count). The van der Waals surface area contributed by atoms with Gasteiger partial charge in [-0.05, 0) is 42.9 Å². The van der Waals surface area contributed by atoms with Gasteiger partial charge in [0.15, 0.2) is 5.96 Å². The SMILES string of the molecule is CN=C(NCC1CCN(c2ccccc2)C1)NCC1(c2ccccc2)CC1.I. The first-order valence-electron chi connectivity index (χ1n) is 10.1. The lowest BCUT2D eigenvalue weighted by atomic mass is 9.96. The molecule has 1 heterocycles. The van der Waals surface area contributed by atoms with Crippen LogP contribution in [0, 0.1) is 5.92 Å². The smallest absolute Gasteiger partial charge is 0.191 e. The minimum atomic E-state index is 0. The average molecular weight is 490 g/mol. The number of aliphatic imine (C=N–C) groups is 1. The van der Waals surface area contributed by atoms with Crippen LogP contribution in [-0.2, 0) is 5.41 Å². The molecule has 2 fully saturated rings. The summed E-state index contributed by atoms with van der Waals surface area (Å²) in [5.41, 5.74) is 3.08. The van der Waals surface area contributed by atoms with Gasteiger partial charge in [0.25, 0.3) is 0 Å². The summed E-state index contributed by atoms with van der Waals surface area (Å²) in [6.45, 7) is 4.18. The minimum absolute atomic E-state index is 0. The van der Waals surface area contributed by atoms with Crippen LogP contribution in [0.5, 0.6) is 0 Å². The van der Waals surface area contributed by atoms with Crippen LogP contribution >= 0.6 is 24.0 Å². The van der Waals surface area contributed by atoms with E-state index in [9.17, 15) is 0 Å². The summed E-state index contributed by atoms with van der Waals surface area (Å²) in [7, 11) is 1.86. The maximum absolute atomic E-state index is 4.43. The van der Waals surface area contributed by atoms with Gasteiger partial charge in [0.1, 0.15) is 0 Å². The van der Waals surface area contributed by atoms with Crippen LogP contribution in [0.3, 0.4) is 0 Å². The van der Waals surface area contributed by atoms with E-state index in [1.165, 1.54) is 30.5 Å². The number of nitrogens with zero attached hydrogens (tertiary/aromatic N) is 2. The Morgan fingerprint density at radius 3 is 2.36 bits per heavy atom. The quantitative estimate of drug-likeness (QED) is 0.365. The number of para-hydroxylation sites is 1. The van der Waals surface area contributed by atoms with Gasteiger partial charge in [-0.2, -0.15) is 0 Å². The van der Waals surface area contributed by atoms with Crippen molar-refractivity contribution in [3.05, 3.63) is 66.2 Å². The van der Waals surface area contributed by atoms with E-state index in [1.807, 2.05) is 7.05 Å². The van der Waals surface area contributed by atoms with Crippen LogP contribution in [0.4, 0.5) is 5.69 Å². The topological polar surface area (TPSA) is 39.7 Å². The van der Waals surface area contributed by atoms with Gasteiger partial charge in [0, 0.05) is 44.3 Å². The van der Waals surface area contributed by atoms with Crippen LogP contribution in [-0.4, -0.2) is 39.2 Å². The fourth-order valence-electron chi connectivity index (χ4n) is 4.10. The molecule has 0 radical (unpaired) electrons. The molecule has 1 unspecified atom stereocenters. The third kappa shape index (κ3) is 4.99. The van der Waals surface area contributed by atoms with Gasteiger partial charge < -0.3 is 15.5 Å². The molecular weight excluding hydrogens is 459 g/mol. The maximum Gasteiger partial charge on any atom is 0.191 e. The number of hydrogen-bond acceptors (Lipinski definition) is 2. The highest BCUT2D eigenvalue weighted by Crippen LogP contribution is 2.47. The molecule has 2 aromatic carbocycles. The molecule has 0 aromatic heterocycles. The Balaban J connectivity index is 0.00000225.